The minimum absolute atomic E-state index is 0.193. The molecule has 3 aromatic rings. The second-order valence-electron chi connectivity index (χ2n) is 6.55. The van der Waals surface area contributed by atoms with E-state index in [1.807, 2.05) is 62.1 Å². The molecule has 0 spiro atoms. The van der Waals surface area contributed by atoms with E-state index in [2.05, 4.69) is 10.1 Å². The van der Waals surface area contributed by atoms with Crippen molar-refractivity contribution in [3.05, 3.63) is 71.9 Å². The Labute approximate surface area is 164 Å². The van der Waals surface area contributed by atoms with Crippen LogP contribution < -0.4 is 5.73 Å². The smallest absolute Gasteiger partial charge is 0.196 e. The lowest BCUT2D eigenvalue weighted by molar-refractivity contribution is 0.409. The van der Waals surface area contributed by atoms with Gasteiger partial charge in [0, 0.05) is 24.6 Å². The lowest BCUT2D eigenvalue weighted by Crippen LogP contribution is -2.36. The molecule has 0 aliphatic heterocycles. The van der Waals surface area contributed by atoms with Gasteiger partial charge in [-0.25, -0.2) is 9.38 Å². The third-order valence-corrected chi connectivity index (χ3v) is 4.89. The Morgan fingerprint density at radius 1 is 1.18 bits per heavy atom. The monoisotopic (exact) mass is 380 g/mol. The SMILES string of the molecule is CCN(CC)C(N)=Nc1conc1C(C)c1ccc(-c2ccccc2)c(F)c1. The van der Waals surface area contributed by atoms with Crippen molar-refractivity contribution in [2.45, 2.75) is 26.7 Å². The highest BCUT2D eigenvalue weighted by Gasteiger charge is 2.19. The van der Waals surface area contributed by atoms with Crippen molar-refractivity contribution in [3.63, 3.8) is 0 Å². The molecule has 0 aliphatic carbocycles. The molecule has 6 heteroatoms. The summed E-state index contributed by atoms with van der Waals surface area (Å²) in [6, 6.07) is 14.7. The molecule has 3 rings (SSSR count). The van der Waals surface area contributed by atoms with E-state index in [1.54, 1.807) is 12.1 Å². The van der Waals surface area contributed by atoms with Crippen LogP contribution in [0.15, 0.2) is 64.3 Å². The molecule has 1 atom stereocenters. The number of nitrogens with zero attached hydrogens (tertiary/aromatic N) is 3. The van der Waals surface area contributed by atoms with Crippen molar-refractivity contribution in [1.82, 2.24) is 10.1 Å². The number of rotatable bonds is 6. The van der Waals surface area contributed by atoms with Crippen molar-refractivity contribution >= 4 is 11.6 Å². The number of hydrogen-bond donors (Lipinski definition) is 1. The number of guanidine groups is 1. The first-order valence-corrected chi connectivity index (χ1v) is 9.43. The van der Waals surface area contributed by atoms with Crippen LogP contribution in [-0.4, -0.2) is 29.1 Å². The first kappa shape index (κ1) is 19.6. The van der Waals surface area contributed by atoms with E-state index in [0.717, 1.165) is 24.2 Å². The quantitative estimate of drug-likeness (QED) is 0.487. The molecule has 1 heterocycles. The predicted molar refractivity (Wildman–Crippen MR) is 110 cm³/mol. The molecule has 1 aromatic heterocycles. The Bertz CT molecular complexity index is 948. The number of halogens is 1. The molecule has 0 amide bonds. The standard InChI is InChI=1S/C22H25FN4O/c1-4-27(5-2)22(24)25-20-14-28-26-21(20)15(3)17-11-12-18(19(23)13-17)16-9-7-6-8-10-16/h6-15H,4-5H2,1-3H3,(H2,24,25). The van der Waals surface area contributed by atoms with Gasteiger partial charge in [-0.1, -0.05) is 54.5 Å². The number of nitrogens with two attached hydrogens (primary N) is 1. The van der Waals surface area contributed by atoms with Gasteiger partial charge in [0.1, 0.15) is 23.5 Å². The van der Waals surface area contributed by atoms with Gasteiger partial charge in [0.05, 0.1) is 0 Å². The first-order valence-electron chi connectivity index (χ1n) is 9.43. The van der Waals surface area contributed by atoms with Crippen LogP contribution in [0.2, 0.25) is 0 Å². The molecule has 0 saturated carbocycles. The Kier molecular flexibility index (Phi) is 6.09. The van der Waals surface area contributed by atoms with Crippen LogP contribution in [0.4, 0.5) is 10.1 Å². The molecule has 2 N–H and O–H groups in total. The Hall–Kier alpha value is -3.15. The van der Waals surface area contributed by atoms with Crippen LogP contribution in [0.3, 0.4) is 0 Å². The van der Waals surface area contributed by atoms with Crippen LogP contribution in [0, 0.1) is 5.82 Å². The zero-order valence-electron chi connectivity index (χ0n) is 16.4. The lowest BCUT2D eigenvalue weighted by atomic mass is 9.94. The highest BCUT2D eigenvalue weighted by Crippen LogP contribution is 2.33. The Morgan fingerprint density at radius 2 is 1.89 bits per heavy atom. The van der Waals surface area contributed by atoms with Crippen LogP contribution in [-0.2, 0) is 0 Å². The minimum atomic E-state index is -0.272. The van der Waals surface area contributed by atoms with E-state index in [1.165, 1.54) is 6.26 Å². The summed E-state index contributed by atoms with van der Waals surface area (Å²) in [6.07, 6.45) is 1.47. The van der Waals surface area contributed by atoms with Crippen LogP contribution in [0.1, 0.15) is 37.9 Å². The summed E-state index contributed by atoms with van der Waals surface area (Å²) in [7, 11) is 0. The summed E-state index contributed by atoms with van der Waals surface area (Å²) in [5.41, 5.74) is 9.49. The number of benzene rings is 2. The topological polar surface area (TPSA) is 67.7 Å². The largest absolute Gasteiger partial charge is 0.369 e. The van der Waals surface area contributed by atoms with Crippen LogP contribution >= 0.6 is 0 Å². The fourth-order valence-corrected chi connectivity index (χ4v) is 3.18. The average molecular weight is 380 g/mol. The summed E-state index contributed by atoms with van der Waals surface area (Å²) in [5.74, 6) is -0.0552. The van der Waals surface area contributed by atoms with Gasteiger partial charge in [0.25, 0.3) is 0 Å². The molecular weight excluding hydrogens is 355 g/mol. The predicted octanol–water partition coefficient (Wildman–Crippen LogP) is 4.92. The first-order chi connectivity index (χ1) is 13.5. The Balaban J connectivity index is 1.90. The molecule has 0 saturated heterocycles. The van der Waals surface area contributed by atoms with E-state index in [4.69, 9.17) is 10.3 Å². The van der Waals surface area contributed by atoms with Crippen LogP contribution in [0.5, 0.6) is 0 Å². The molecule has 0 aliphatic rings. The van der Waals surface area contributed by atoms with Gasteiger partial charge in [0.15, 0.2) is 5.96 Å². The molecule has 0 radical (unpaired) electrons. The number of aromatic nitrogens is 1. The second kappa shape index (κ2) is 8.69. The molecule has 146 valence electrons. The van der Waals surface area contributed by atoms with Gasteiger partial charge >= 0.3 is 0 Å². The molecule has 28 heavy (non-hydrogen) atoms. The third-order valence-electron chi connectivity index (χ3n) is 4.89. The maximum absolute atomic E-state index is 14.7. The summed E-state index contributed by atoms with van der Waals surface area (Å²) in [6.45, 7) is 7.49. The van der Waals surface area contributed by atoms with Gasteiger partial charge in [-0.15, -0.1) is 0 Å². The van der Waals surface area contributed by atoms with Crippen LogP contribution in [0.25, 0.3) is 11.1 Å². The minimum Gasteiger partial charge on any atom is -0.369 e. The maximum Gasteiger partial charge on any atom is 0.196 e. The zero-order valence-corrected chi connectivity index (χ0v) is 16.4. The van der Waals surface area contributed by atoms with Gasteiger partial charge < -0.3 is 15.2 Å². The molecule has 1 unspecified atom stereocenters. The lowest BCUT2D eigenvalue weighted by Gasteiger charge is -2.19. The number of aliphatic imine (C=N–C) groups is 1. The third kappa shape index (κ3) is 4.06. The summed E-state index contributed by atoms with van der Waals surface area (Å²) in [5, 5.41) is 4.09. The molecule has 0 bridgehead atoms. The van der Waals surface area contributed by atoms with E-state index < -0.39 is 0 Å². The molecule has 0 fully saturated rings. The van der Waals surface area contributed by atoms with Crippen molar-refractivity contribution in [3.8, 4) is 11.1 Å². The van der Waals surface area contributed by atoms with Crippen molar-refractivity contribution in [2.75, 3.05) is 13.1 Å². The normalized spacial score (nSPS) is 12.8. The number of hydrogen-bond acceptors (Lipinski definition) is 3. The fraction of sp³-hybridized carbons (Fsp3) is 0.273. The fourth-order valence-electron chi connectivity index (χ4n) is 3.18. The Morgan fingerprint density at radius 3 is 2.54 bits per heavy atom. The molecular formula is C22H25FN4O. The molecule has 2 aromatic carbocycles. The summed E-state index contributed by atoms with van der Waals surface area (Å²) in [4.78, 5) is 6.41. The summed E-state index contributed by atoms with van der Waals surface area (Å²) < 4.78 is 19.9. The summed E-state index contributed by atoms with van der Waals surface area (Å²) >= 11 is 0. The second-order valence-corrected chi connectivity index (χ2v) is 6.55. The van der Waals surface area contributed by atoms with E-state index >= 15 is 0 Å². The van der Waals surface area contributed by atoms with E-state index in [9.17, 15) is 4.39 Å². The van der Waals surface area contributed by atoms with Crippen molar-refractivity contribution in [2.24, 2.45) is 10.7 Å². The van der Waals surface area contributed by atoms with E-state index in [0.29, 0.717) is 22.9 Å². The van der Waals surface area contributed by atoms with Gasteiger partial charge in [-0.3, -0.25) is 0 Å². The zero-order chi connectivity index (χ0) is 20.1. The van der Waals surface area contributed by atoms with Crippen molar-refractivity contribution in [1.29, 1.82) is 0 Å². The van der Waals surface area contributed by atoms with Gasteiger partial charge in [0.2, 0.25) is 0 Å². The van der Waals surface area contributed by atoms with Crippen molar-refractivity contribution < 1.29 is 8.91 Å². The maximum atomic E-state index is 14.7. The van der Waals surface area contributed by atoms with Gasteiger partial charge in [-0.05, 0) is 31.0 Å². The van der Waals surface area contributed by atoms with E-state index in [-0.39, 0.29) is 11.7 Å². The highest BCUT2D eigenvalue weighted by atomic mass is 19.1. The van der Waals surface area contributed by atoms with Gasteiger partial charge in [-0.2, -0.15) is 0 Å². The average Bonchev–Trinajstić information content (AvgIpc) is 3.17. The molecule has 5 nitrogen and oxygen atoms in total. The highest BCUT2D eigenvalue weighted by molar-refractivity contribution is 5.81.